The van der Waals surface area contributed by atoms with Crippen molar-refractivity contribution in [3.63, 3.8) is 0 Å². The Kier molecular flexibility index (Phi) is 6.57. The van der Waals surface area contributed by atoms with Gasteiger partial charge in [0.15, 0.2) is 5.11 Å². The Morgan fingerprint density at radius 3 is 2.41 bits per heavy atom. The first-order valence-corrected chi connectivity index (χ1v) is 11.6. The van der Waals surface area contributed by atoms with Gasteiger partial charge in [-0.15, -0.1) is 11.3 Å². The number of thiocarbonyl (C=S) groups is 1. The Bertz CT molecular complexity index is 939. The number of aromatic nitrogens is 1. The maximum Gasteiger partial charge on any atom is 0.166 e. The van der Waals surface area contributed by atoms with Crippen LogP contribution in [-0.2, 0) is 6.54 Å². The average Bonchev–Trinajstić information content (AvgIpc) is 3.24. The van der Waals surface area contributed by atoms with Crippen LogP contribution in [0.5, 0.6) is 0 Å². The van der Waals surface area contributed by atoms with Gasteiger partial charge in [0.05, 0.1) is 5.69 Å². The summed E-state index contributed by atoms with van der Waals surface area (Å²) in [5.74, 6) is 0. The summed E-state index contributed by atoms with van der Waals surface area (Å²) in [6.45, 7) is 2.84. The second-order valence-corrected chi connectivity index (χ2v) is 9.03. The van der Waals surface area contributed by atoms with E-state index in [9.17, 15) is 0 Å². The molecule has 0 radical (unpaired) electrons. The maximum atomic E-state index is 5.46. The van der Waals surface area contributed by atoms with Gasteiger partial charge in [-0.3, -0.25) is 0 Å². The van der Waals surface area contributed by atoms with Crippen molar-refractivity contribution in [2.75, 3.05) is 0 Å². The molecule has 0 unspecified atom stereocenters. The molecular formula is C24H27N3S2. The van der Waals surface area contributed by atoms with Crippen molar-refractivity contribution in [2.24, 2.45) is 0 Å². The molecule has 0 spiro atoms. The van der Waals surface area contributed by atoms with Crippen LogP contribution in [0.15, 0.2) is 53.9 Å². The Labute approximate surface area is 182 Å². The van der Waals surface area contributed by atoms with Gasteiger partial charge in [-0.2, -0.15) is 0 Å². The SMILES string of the molecule is Cc1ccc(-c2csc(-c3ccc(CNC(=S)NC4CCCCC4)cc3)n2)cc1. The van der Waals surface area contributed by atoms with Gasteiger partial charge < -0.3 is 10.6 Å². The molecule has 0 bridgehead atoms. The molecule has 3 aromatic rings. The monoisotopic (exact) mass is 421 g/mol. The van der Waals surface area contributed by atoms with Gasteiger partial charge in [0, 0.05) is 29.1 Å². The normalized spacial score (nSPS) is 14.5. The molecule has 1 heterocycles. The third-order valence-corrected chi connectivity index (χ3v) is 6.60. The maximum absolute atomic E-state index is 5.46. The van der Waals surface area contributed by atoms with Crippen molar-refractivity contribution in [3.05, 3.63) is 65.0 Å². The van der Waals surface area contributed by atoms with Crippen LogP contribution in [0.25, 0.3) is 21.8 Å². The number of aryl methyl sites for hydroxylation is 1. The highest BCUT2D eigenvalue weighted by Gasteiger charge is 2.13. The molecule has 1 aromatic heterocycles. The zero-order valence-corrected chi connectivity index (χ0v) is 18.4. The van der Waals surface area contributed by atoms with Gasteiger partial charge in [-0.25, -0.2) is 4.98 Å². The molecule has 1 aliphatic carbocycles. The summed E-state index contributed by atoms with van der Waals surface area (Å²) in [6.07, 6.45) is 6.44. The van der Waals surface area contributed by atoms with Crippen molar-refractivity contribution in [3.8, 4) is 21.8 Å². The lowest BCUT2D eigenvalue weighted by atomic mass is 9.96. The number of thiazole rings is 1. The van der Waals surface area contributed by atoms with E-state index in [1.807, 2.05) is 0 Å². The molecule has 0 amide bonds. The highest BCUT2D eigenvalue weighted by molar-refractivity contribution is 7.80. The van der Waals surface area contributed by atoms with Crippen LogP contribution in [-0.4, -0.2) is 16.1 Å². The van der Waals surface area contributed by atoms with E-state index in [-0.39, 0.29) is 0 Å². The minimum absolute atomic E-state index is 0.541. The summed E-state index contributed by atoms with van der Waals surface area (Å²) in [5.41, 5.74) is 5.84. The average molecular weight is 422 g/mol. The summed E-state index contributed by atoms with van der Waals surface area (Å²) < 4.78 is 0. The van der Waals surface area contributed by atoms with Crippen LogP contribution in [0.1, 0.15) is 43.2 Å². The largest absolute Gasteiger partial charge is 0.360 e. The lowest BCUT2D eigenvalue weighted by Gasteiger charge is -2.24. The van der Waals surface area contributed by atoms with Crippen molar-refractivity contribution >= 4 is 28.7 Å². The van der Waals surface area contributed by atoms with E-state index < -0.39 is 0 Å². The molecule has 0 atom stereocenters. The molecule has 0 saturated heterocycles. The van der Waals surface area contributed by atoms with E-state index in [2.05, 4.69) is 71.5 Å². The number of hydrogen-bond donors (Lipinski definition) is 2. The summed E-state index contributed by atoms with van der Waals surface area (Å²) in [6, 6.07) is 17.7. The van der Waals surface area contributed by atoms with Gasteiger partial charge in [0.25, 0.3) is 0 Å². The molecule has 150 valence electrons. The molecule has 2 aromatic carbocycles. The molecule has 1 aliphatic rings. The van der Waals surface area contributed by atoms with E-state index in [4.69, 9.17) is 17.2 Å². The highest BCUT2D eigenvalue weighted by atomic mass is 32.1. The quantitative estimate of drug-likeness (QED) is 0.489. The summed E-state index contributed by atoms with van der Waals surface area (Å²) in [7, 11) is 0. The van der Waals surface area contributed by atoms with Crippen molar-refractivity contribution in [1.29, 1.82) is 0 Å². The van der Waals surface area contributed by atoms with Crippen molar-refractivity contribution < 1.29 is 0 Å². The fraction of sp³-hybridized carbons (Fsp3) is 0.333. The van der Waals surface area contributed by atoms with E-state index in [1.165, 1.54) is 43.2 Å². The Morgan fingerprint density at radius 1 is 1.00 bits per heavy atom. The van der Waals surface area contributed by atoms with Crippen molar-refractivity contribution in [2.45, 2.75) is 51.6 Å². The molecule has 1 saturated carbocycles. The minimum atomic E-state index is 0.541. The molecule has 0 aliphatic heterocycles. The summed E-state index contributed by atoms with van der Waals surface area (Å²) in [5, 5.41) is 10.8. The zero-order chi connectivity index (χ0) is 20.1. The van der Waals surface area contributed by atoms with Gasteiger partial charge in [-0.05, 0) is 37.5 Å². The molecule has 1 fully saturated rings. The fourth-order valence-electron chi connectivity index (χ4n) is 3.69. The molecule has 2 N–H and O–H groups in total. The number of nitrogens with one attached hydrogen (secondary N) is 2. The predicted octanol–water partition coefficient (Wildman–Crippen LogP) is 6.08. The van der Waals surface area contributed by atoms with Gasteiger partial charge >= 0.3 is 0 Å². The lowest BCUT2D eigenvalue weighted by Crippen LogP contribution is -2.42. The molecule has 29 heavy (non-hydrogen) atoms. The Hall–Kier alpha value is -2.24. The minimum Gasteiger partial charge on any atom is -0.360 e. The second-order valence-electron chi connectivity index (χ2n) is 7.76. The number of nitrogens with zero attached hydrogens (tertiary/aromatic N) is 1. The summed E-state index contributed by atoms with van der Waals surface area (Å²) >= 11 is 7.15. The van der Waals surface area contributed by atoms with E-state index in [0.717, 1.165) is 33.5 Å². The third kappa shape index (κ3) is 5.43. The first-order valence-electron chi connectivity index (χ1n) is 10.3. The van der Waals surface area contributed by atoms with Crippen LogP contribution in [0, 0.1) is 6.92 Å². The van der Waals surface area contributed by atoms with E-state index in [0.29, 0.717) is 6.04 Å². The summed E-state index contributed by atoms with van der Waals surface area (Å²) in [4.78, 5) is 4.82. The smallest absolute Gasteiger partial charge is 0.166 e. The van der Waals surface area contributed by atoms with Gasteiger partial charge in [0.1, 0.15) is 5.01 Å². The second kappa shape index (κ2) is 9.51. The van der Waals surface area contributed by atoms with Crippen LogP contribution >= 0.6 is 23.6 Å². The van der Waals surface area contributed by atoms with E-state index >= 15 is 0 Å². The molecule has 5 heteroatoms. The topological polar surface area (TPSA) is 37.0 Å². The number of benzene rings is 2. The highest BCUT2D eigenvalue weighted by Crippen LogP contribution is 2.29. The Morgan fingerprint density at radius 2 is 1.69 bits per heavy atom. The van der Waals surface area contributed by atoms with Crippen LogP contribution in [0.4, 0.5) is 0 Å². The molecule has 3 nitrogen and oxygen atoms in total. The molecule has 4 rings (SSSR count). The van der Waals surface area contributed by atoms with Gasteiger partial charge in [0.2, 0.25) is 0 Å². The number of rotatable bonds is 5. The van der Waals surface area contributed by atoms with Crippen LogP contribution < -0.4 is 10.6 Å². The molecular weight excluding hydrogens is 394 g/mol. The first-order chi connectivity index (χ1) is 14.2. The first kappa shape index (κ1) is 20.0. The fourth-order valence-corrected chi connectivity index (χ4v) is 4.77. The Balaban J connectivity index is 1.33. The predicted molar refractivity (Wildman–Crippen MR) is 127 cm³/mol. The van der Waals surface area contributed by atoms with E-state index in [1.54, 1.807) is 11.3 Å². The zero-order valence-electron chi connectivity index (χ0n) is 16.8. The van der Waals surface area contributed by atoms with Crippen LogP contribution in [0.3, 0.4) is 0 Å². The number of hydrogen-bond acceptors (Lipinski definition) is 3. The lowest BCUT2D eigenvalue weighted by molar-refractivity contribution is 0.412. The van der Waals surface area contributed by atoms with Crippen LogP contribution in [0.2, 0.25) is 0 Å². The third-order valence-electron chi connectivity index (χ3n) is 5.45. The standard InChI is InChI=1S/C24H27N3S2/c1-17-7-11-19(12-8-17)22-16-29-23(27-22)20-13-9-18(10-14-20)15-25-24(28)26-21-5-3-2-4-6-21/h7-14,16,21H,2-6,15H2,1H3,(H2,25,26,28). The van der Waals surface area contributed by atoms with Crippen molar-refractivity contribution in [1.82, 2.24) is 15.6 Å². The van der Waals surface area contributed by atoms with Gasteiger partial charge in [-0.1, -0.05) is 73.4 Å².